The number of anilines is 2. The van der Waals surface area contributed by atoms with E-state index in [0.717, 1.165) is 0 Å². The van der Waals surface area contributed by atoms with Crippen molar-refractivity contribution < 1.29 is 14.4 Å². The molecule has 144 valence electrons. The zero-order chi connectivity index (χ0) is 20.3. The molecule has 0 aliphatic carbocycles. The Morgan fingerprint density at radius 2 is 1.54 bits per heavy atom. The molecule has 0 unspecified atom stereocenters. The van der Waals surface area contributed by atoms with Crippen molar-refractivity contribution in [2.45, 2.75) is 20.8 Å². The van der Waals surface area contributed by atoms with Gasteiger partial charge in [-0.25, -0.2) is 0 Å². The van der Waals surface area contributed by atoms with Crippen molar-refractivity contribution in [3.63, 3.8) is 0 Å². The number of rotatable bonds is 6. The molecule has 2 N–H and O–H groups in total. The molecule has 6 heteroatoms. The maximum atomic E-state index is 13.0. The van der Waals surface area contributed by atoms with Gasteiger partial charge in [0.05, 0.1) is 5.57 Å². The van der Waals surface area contributed by atoms with Crippen LogP contribution in [0.2, 0.25) is 0 Å². The molecular weight excluding hydrogens is 354 g/mol. The Kier molecular flexibility index (Phi) is 5.59. The summed E-state index contributed by atoms with van der Waals surface area (Å²) < 4.78 is 0. The Balaban J connectivity index is 1.96. The van der Waals surface area contributed by atoms with Gasteiger partial charge in [-0.3, -0.25) is 19.3 Å². The van der Waals surface area contributed by atoms with Crippen LogP contribution in [0.5, 0.6) is 0 Å². The van der Waals surface area contributed by atoms with Gasteiger partial charge in [-0.05, 0) is 35.7 Å². The molecule has 1 heterocycles. The van der Waals surface area contributed by atoms with Gasteiger partial charge in [-0.1, -0.05) is 44.2 Å². The standard InChI is InChI=1S/C22H23N3O3/c1-14(2)13-25-21(27)19(16-7-5-4-6-8-16)20(22(25)28)24-18-11-9-17(10-12-18)23-15(3)26/h4-12,14,24H,13H2,1-3H3,(H,23,26). The van der Waals surface area contributed by atoms with E-state index in [1.165, 1.54) is 11.8 Å². The first-order valence-electron chi connectivity index (χ1n) is 9.17. The van der Waals surface area contributed by atoms with Crippen molar-refractivity contribution in [3.8, 4) is 0 Å². The zero-order valence-corrected chi connectivity index (χ0v) is 16.2. The Bertz CT molecular complexity index is 931. The lowest BCUT2D eigenvalue weighted by Gasteiger charge is -2.17. The summed E-state index contributed by atoms with van der Waals surface area (Å²) in [5.74, 6) is -0.609. The first-order chi connectivity index (χ1) is 13.4. The molecule has 0 saturated carbocycles. The minimum atomic E-state index is -0.330. The van der Waals surface area contributed by atoms with Crippen LogP contribution in [0.4, 0.5) is 11.4 Å². The number of amides is 3. The third-order valence-electron chi connectivity index (χ3n) is 4.25. The van der Waals surface area contributed by atoms with Crippen LogP contribution in [-0.4, -0.2) is 29.2 Å². The summed E-state index contributed by atoms with van der Waals surface area (Å²) in [6, 6.07) is 16.2. The number of nitrogens with zero attached hydrogens (tertiary/aromatic N) is 1. The van der Waals surface area contributed by atoms with Gasteiger partial charge in [0, 0.05) is 24.8 Å². The lowest BCUT2D eigenvalue weighted by molar-refractivity contribution is -0.137. The quantitative estimate of drug-likeness (QED) is 0.756. The fourth-order valence-electron chi connectivity index (χ4n) is 3.08. The molecule has 6 nitrogen and oxygen atoms in total. The van der Waals surface area contributed by atoms with Crippen LogP contribution in [0.15, 0.2) is 60.3 Å². The van der Waals surface area contributed by atoms with Crippen molar-refractivity contribution in [2.24, 2.45) is 5.92 Å². The second-order valence-corrected chi connectivity index (χ2v) is 7.11. The van der Waals surface area contributed by atoms with Gasteiger partial charge in [0.25, 0.3) is 11.8 Å². The van der Waals surface area contributed by atoms with Crippen molar-refractivity contribution in [3.05, 3.63) is 65.9 Å². The summed E-state index contributed by atoms with van der Waals surface area (Å²) in [4.78, 5) is 38.4. The molecule has 2 aromatic rings. The number of carbonyl (C=O) groups is 3. The van der Waals surface area contributed by atoms with Gasteiger partial charge in [0.2, 0.25) is 5.91 Å². The number of carbonyl (C=O) groups excluding carboxylic acids is 3. The molecule has 0 saturated heterocycles. The normalized spacial score (nSPS) is 14.1. The van der Waals surface area contributed by atoms with Crippen LogP contribution in [0.25, 0.3) is 5.57 Å². The Morgan fingerprint density at radius 1 is 0.929 bits per heavy atom. The van der Waals surface area contributed by atoms with Crippen molar-refractivity contribution in [1.29, 1.82) is 0 Å². The highest BCUT2D eigenvalue weighted by Crippen LogP contribution is 2.31. The lowest BCUT2D eigenvalue weighted by atomic mass is 10.0. The molecule has 1 aliphatic rings. The third-order valence-corrected chi connectivity index (χ3v) is 4.25. The molecule has 0 fully saturated rings. The van der Waals surface area contributed by atoms with Crippen molar-refractivity contribution in [1.82, 2.24) is 4.90 Å². The zero-order valence-electron chi connectivity index (χ0n) is 16.2. The van der Waals surface area contributed by atoms with E-state index in [1.807, 2.05) is 44.2 Å². The molecule has 28 heavy (non-hydrogen) atoms. The van der Waals surface area contributed by atoms with Crippen LogP contribution in [0.1, 0.15) is 26.3 Å². The number of hydrogen-bond acceptors (Lipinski definition) is 4. The molecule has 3 amide bonds. The van der Waals surface area contributed by atoms with E-state index in [0.29, 0.717) is 29.1 Å². The summed E-state index contributed by atoms with van der Waals surface area (Å²) in [6.07, 6.45) is 0. The molecule has 1 aliphatic heterocycles. The minimum absolute atomic E-state index is 0.157. The van der Waals surface area contributed by atoms with Gasteiger partial charge in [0.15, 0.2) is 0 Å². The monoisotopic (exact) mass is 377 g/mol. The van der Waals surface area contributed by atoms with E-state index in [2.05, 4.69) is 10.6 Å². The average molecular weight is 377 g/mol. The van der Waals surface area contributed by atoms with E-state index < -0.39 is 0 Å². The second-order valence-electron chi connectivity index (χ2n) is 7.11. The predicted octanol–water partition coefficient (Wildman–Crippen LogP) is 3.49. The summed E-state index contributed by atoms with van der Waals surface area (Å²) in [7, 11) is 0. The van der Waals surface area contributed by atoms with Crippen LogP contribution < -0.4 is 10.6 Å². The van der Waals surface area contributed by atoms with Gasteiger partial charge < -0.3 is 10.6 Å². The minimum Gasteiger partial charge on any atom is -0.350 e. The largest absolute Gasteiger partial charge is 0.350 e. The maximum Gasteiger partial charge on any atom is 0.278 e. The summed E-state index contributed by atoms with van der Waals surface area (Å²) >= 11 is 0. The van der Waals surface area contributed by atoms with Crippen LogP contribution in [0, 0.1) is 5.92 Å². The first-order valence-corrected chi connectivity index (χ1v) is 9.17. The van der Waals surface area contributed by atoms with E-state index in [1.54, 1.807) is 24.3 Å². The number of benzene rings is 2. The highest BCUT2D eigenvalue weighted by Gasteiger charge is 2.39. The van der Waals surface area contributed by atoms with Crippen LogP contribution >= 0.6 is 0 Å². The topological polar surface area (TPSA) is 78.5 Å². The maximum absolute atomic E-state index is 13.0. The number of hydrogen-bond donors (Lipinski definition) is 2. The molecule has 0 spiro atoms. The molecule has 0 aromatic heterocycles. The smallest absolute Gasteiger partial charge is 0.278 e. The fraction of sp³-hybridized carbons (Fsp3) is 0.227. The van der Waals surface area contributed by atoms with Crippen molar-refractivity contribution >= 4 is 34.7 Å². The highest BCUT2D eigenvalue weighted by atomic mass is 16.2. The highest BCUT2D eigenvalue weighted by molar-refractivity contribution is 6.36. The Hall–Kier alpha value is -3.41. The lowest BCUT2D eigenvalue weighted by Crippen LogP contribution is -2.35. The number of imide groups is 1. The molecule has 0 bridgehead atoms. The van der Waals surface area contributed by atoms with Gasteiger partial charge in [0.1, 0.15) is 5.70 Å². The van der Waals surface area contributed by atoms with Gasteiger partial charge in [-0.15, -0.1) is 0 Å². The van der Waals surface area contributed by atoms with E-state index in [4.69, 9.17) is 0 Å². The van der Waals surface area contributed by atoms with E-state index in [-0.39, 0.29) is 29.3 Å². The van der Waals surface area contributed by atoms with Gasteiger partial charge in [-0.2, -0.15) is 0 Å². The molecular formula is C22H23N3O3. The molecule has 2 aromatic carbocycles. The molecule has 0 radical (unpaired) electrons. The van der Waals surface area contributed by atoms with E-state index >= 15 is 0 Å². The second kappa shape index (κ2) is 8.08. The van der Waals surface area contributed by atoms with E-state index in [9.17, 15) is 14.4 Å². The molecule has 0 atom stereocenters. The predicted molar refractivity (Wildman–Crippen MR) is 109 cm³/mol. The average Bonchev–Trinajstić information content (AvgIpc) is 2.87. The van der Waals surface area contributed by atoms with Crippen molar-refractivity contribution in [2.75, 3.05) is 17.2 Å². The summed E-state index contributed by atoms with van der Waals surface area (Å²) in [5.41, 5.74) is 2.65. The first kappa shape index (κ1) is 19.4. The Labute approximate surface area is 164 Å². The molecule has 3 rings (SSSR count). The number of nitrogens with one attached hydrogen (secondary N) is 2. The summed E-state index contributed by atoms with van der Waals surface area (Å²) in [5, 5.41) is 5.80. The van der Waals surface area contributed by atoms with Crippen LogP contribution in [-0.2, 0) is 14.4 Å². The van der Waals surface area contributed by atoms with Gasteiger partial charge >= 0.3 is 0 Å². The third kappa shape index (κ3) is 4.11. The van der Waals surface area contributed by atoms with Crippen LogP contribution in [0.3, 0.4) is 0 Å². The summed E-state index contributed by atoms with van der Waals surface area (Å²) in [6.45, 7) is 5.74. The Morgan fingerprint density at radius 3 is 2.11 bits per heavy atom. The SMILES string of the molecule is CC(=O)Nc1ccc(NC2=C(c3ccccc3)C(=O)N(CC(C)C)C2=O)cc1. The fourth-order valence-corrected chi connectivity index (χ4v) is 3.08.